The molecule has 0 atom stereocenters. The van der Waals surface area contributed by atoms with Gasteiger partial charge in [0, 0.05) is 41.8 Å². The highest BCUT2D eigenvalue weighted by Gasteiger charge is 2.24. The molecule has 1 aliphatic rings. The third-order valence-corrected chi connectivity index (χ3v) is 5.71. The van der Waals surface area contributed by atoms with Gasteiger partial charge in [-0.05, 0) is 12.1 Å². The quantitative estimate of drug-likeness (QED) is 0.831. The number of nitrogens with zero attached hydrogens (tertiary/aromatic N) is 2. The number of thiazole rings is 1. The first-order valence-electron chi connectivity index (χ1n) is 7.83. The van der Waals surface area contributed by atoms with Crippen molar-refractivity contribution in [2.24, 2.45) is 0 Å². The van der Waals surface area contributed by atoms with Crippen LogP contribution in [0.2, 0.25) is 0 Å². The molecule has 3 rings (SSSR count). The Balaban J connectivity index is 1.52. The average molecular weight is 361 g/mol. The van der Waals surface area contributed by atoms with Crippen molar-refractivity contribution < 1.29 is 9.59 Å². The third kappa shape index (κ3) is 4.36. The van der Waals surface area contributed by atoms with Crippen LogP contribution in [0.5, 0.6) is 0 Å². The molecule has 7 heteroatoms. The lowest BCUT2D eigenvalue weighted by Gasteiger charge is -2.26. The molecule has 24 heavy (non-hydrogen) atoms. The van der Waals surface area contributed by atoms with Crippen molar-refractivity contribution >= 4 is 40.0 Å². The van der Waals surface area contributed by atoms with E-state index in [0.717, 1.165) is 22.7 Å². The minimum Gasteiger partial charge on any atom is -0.337 e. The first-order valence-corrected chi connectivity index (χ1v) is 9.64. The Morgan fingerprint density at radius 1 is 1.33 bits per heavy atom. The van der Waals surface area contributed by atoms with Gasteiger partial charge in [-0.1, -0.05) is 29.5 Å². The lowest BCUT2D eigenvalue weighted by molar-refractivity contribution is -0.131. The van der Waals surface area contributed by atoms with Gasteiger partial charge in [-0.2, -0.15) is 0 Å². The van der Waals surface area contributed by atoms with Crippen LogP contribution >= 0.6 is 23.1 Å². The van der Waals surface area contributed by atoms with Crippen LogP contribution in [-0.4, -0.2) is 34.0 Å². The van der Waals surface area contributed by atoms with Gasteiger partial charge in [-0.25, -0.2) is 4.98 Å². The molecule has 1 N–H and O–H groups in total. The Bertz CT molecular complexity index is 731. The van der Waals surface area contributed by atoms with E-state index in [9.17, 15) is 9.59 Å². The largest absolute Gasteiger partial charge is 0.337 e. The van der Waals surface area contributed by atoms with Gasteiger partial charge in [0.15, 0.2) is 5.13 Å². The molecule has 0 radical (unpaired) electrons. The molecule has 1 aromatic carbocycles. The topological polar surface area (TPSA) is 62.3 Å². The van der Waals surface area contributed by atoms with Crippen LogP contribution in [0.1, 0.15) is 23.9 Å². The molecule has 1 aromatic heterocycles. The maximum atomic E-state index is 12.4. The van der Waals surface area contributed by atoms with Crippen LogP contribution in [0.25, 0.3) is 0 Å². The number of carbonyl (C=O) groups is 2. The van der Waals surface area contributed by atoms with E-state index in [2.05, 4.69) is 22.4 Å². The minimum absolute atomic E-state index is 0.119. The molecule has 1 aliphatic heterocycles. The fourth-order valence-corrected chi connectivity index (χ4v) is 4.48. The van der Waals surface area contributed by atoms with Crippen LogP contribution in [0, 0.1) is 0 Å². The number of rotatable bonds is 5. The SMILES string of the molecule is CC(=O)Nc1nc2c(s1)CN(C(=O)CCSc1ccccc1)CC2. The second-order valence-electron chi connectivity index (χ2n) is 5.55. The van der Waals surface area contributed by atoms with E-state index < -0.39 is 0 Å². The summed E-state index contributed by atoms with van der Waals surface area (Å²) in [6.07, 6.45) is 1.29. The minimum atomic E-state index is -0.119. The van der Waals surface area contributed by atoms with Crippen LogP contribution in [0.3, 0.4) is 0 Å². The van der Waals surface area contributed by atoms with E-state index in [1.807, 2.05) is 23.1 Å². The van der Waals surface area contributed by atoms with Crippen molar-refractivity contribution in [3.8, 4) is 0 Å². The number of hydrogen-bond donors (Lipinski definition) is 1. The lowest BCUT2D eigenvalue weighted by Crippen LogP contribution is -2.35. The number of anilines is 1. The molecule has 0 bridgehead atoms. The number of amides is 2. The molecular formula is C17H19N3O2S2. The second kappa shape index (κ2) is 7.81. The molecule has 2 aromatic rings. The number of nitrogens with one attached hydrogen (secondary N) is 1. The first kappa shape index (κ1) is 17.0. The molecule has 0 saturated heterocycles. The molecule has 0 spiro atoms. The zero-order valence-corrected chi connectivity index (χ0v) is 15.1. The van der Waals surface area contributed by atoms with E-state index in [-0.39, 0.29) is 11.8 Å². The normalized spacial score (nSPS) is 13.5. The van der Waals surface area contributed by atoms with Crippen molar-refractivity contribution in [3.05, 3.63) is 40.9 Å². The summed E-state index contributed by atoms with van der Waals surface area (Å²) in [4.78, 5) is 32.1. The van der Waals surface area contributed by atoms with Crippen molar-refractivity contribution in [2.45, 2.75) is 31.2 Å². The summed E-state index contributed by atoms with van der Waals surface area (Å²) in [5.41, 5.74) is 1.01. The lowest BCUT2D eigenvalue weighted by atomic mass is 10.1. The third-order valence-electron chi connectivity index (χ3n) is 3.69. The molecule has 0 aliphatic carbocycles. The zero-order chi connectivity index (χ0) is 16.9. The van der Waals surface area contributed by atoms with Crippen molar-refractivity contribution in [3.63, 3.8) is 0 Å². The van der Waals surface area contributed by atoms with Gasteiger partial charge in [0.2, 0.25) is 11.8 Å². The van der Waals surface area contributed by atoms with Gasteiger partial charge < -0.3 is 10.2 Å². The predicted molar refractivity (Wildman–Crippen MR) is 97.3 cm³/mol. The Labute approximate surface area is 149 Å². The molecule has 0 unspecified atom stereocenters. The second-order valence-corrected chi connectivity index (χ2v) is 7.80. The summed E-state index contributed by atoms with van der Waals surface area (Å²) in [6, 6.07) is 10.1. The predicted octanol–water partition coefficient (Wildman–Crippen LogP) is 3.17. The van der Waals surface area contributed by atoms with Gasteiger partial charge in [0.25, 0.3) is 0 Å². The molecule has 5 nitrogen and oxygen atoms in total. The number of fused-ring (bicyclic) bond motifs is 1. The van der Waals surface area contributed by atoms with E-state index in [4.69, 9.17) is 0 Å². The van der Waals surface area contributed by atoms with Crippen molar-refractivity contribution in [1.82, 2.24) is 9.88 Å². The highest BCUT2D eigenvalue weighted by atomic mass is 32.2. The van der Waals surface area contributed by atoms with Gasteiger partial charge >= 0.3 is 0 Å². The highest BCUT2D eigenvalue weighted by Crippen LogP contribution is 2.29. The summed E-state index contributed by atoms with van der Waals surface area (Å²) < 4.78 is 0. The highest BCUT2D eigenvalue weighted by molar-refractivity contribution is 7.99. The molecule has 0 fully saturated rings. The van der Waals surface area contributed by atoms with E-state index in [0.29, 0.717) is 24.6 Å². The number of aromatic nitrogens is 1. The van der Waals surface area contributed by atoms with Crippen molar-refractivity contribution in [2.75, 3.05) is 17.6 Å². The van der Waals surface area contributed by atoms with Gasteiger partial charge in [-0.15, -0.1) is 11.8 Å². The number of carbonyl (C=O) groups excluding carboxylic acids is 2. The maximum Gasteiger partial charge on any atom is 0.223 e. The molecule has 2 amide bonds. The Morgan fingerprint density at radius 3 is 2.88 bits per heavy atom. The fourth-order valence-electron chi connectivity index (χ4n) is 2.54. The maximum absolute atomic E-state index is 12.4. The van der Waals surface area contributed by atoms with Gasteiger partial charge in [-0.3, -0.25) is 9.59 Å². The summed E-state index contributed by atoms with van der Waals surface area (Å²) in [7, 11) is 0. The van der Waals surface area contributed by atoms with Gasteiger partial charge in [0.1, 0.15) is 0 Å². The Hall–Kier alpha value is -1.86. The summed E-state index contributed by atoms with van der Waals surface area (Å²) in [5, 5.41) is 3.35. The molecule has 126 valence electrons. The molecular weight excluding hydrogens is 342 g/mol. The van der Waals surface area contributed by atoms with Crippen LogP contribution in [-0.2, 0) is 22.6 Å². The van der Waals surface area contributed by atoms with E-state index >= 15 is 0 Å². The molecule has 2 heterocycles. The standard InChI is InChI=1S/C17H19N3O2S2/c1-12(21)18-17-19-14-7-9-20(11-15(14)24-17)16(22)8-10-23-13-5-3-2-4-6-13/h2-6H,7-11H2,1H3,(H,18,19,21). The smallest absolute Gasteiger partial charge is 0.223 e. The average Bonchev–Trinajstić information content (AvgIpc) is 2.96. The first-order chi connectivity index (χ1) is 11.6. The fraction of sp³-hybridized carbons (Fsp3) is 0.353. The Kier molecular flexibility index (Phi) is 5.52. The summed E-state index contributed by atoms with van der Waals surface area (Å²) in [5.74, 6) is 0.844. The zero-order valence-electron chi connectivity index (χ0n) is 13.4. The van der Waals surface area contributed by atoms with Gasteiger partial charge in [0.05, 0.1) is 12.2 Å². The van der Waals surface area contributed by atoms with Crippen LogP contribution in [0.15, 0.2) is 35.2 Å². The molecule has 0 saturated carbocycles. The van der Waals surface area contributed by atoms with Crippen LogP contribution < -0.4 is 5.32 Å². The van der Waals surface area contributed by atoms with Crippen molar-refractivity contribution in [1.29, 1.82) is 0 Å². The number of hydrogen-bond acceptors (Lipinski definition) is 5. The number of thioether (sulfide) groups is 1. The van der Waals surface area contributed by atoms with Crippen LogP contribution in [0.4, 0.5) is 5.13 Å². The summed E-state index contributed by atoms with van der Waals surface area (Å²) >= 11 is 3.17. The monoisotopic (exact) mass is 361 g/mol. The van der Waals surface area contributed by atoms with E-state index in [1.54, 1.807) is 11.8 Å². The van der Waals surface area contributed by atoms with E-state index in [1.165, 1.54) is 23.2 Å². The summed E-state index contributed by atoms with van der Waals surface area (Å²) in [6.45, 7) is 2.77. The Morgan fingerprint density at radius 2 is 2.12 bits per heavy atom. The number of benzene rings is 1.